The molecule has 0 aliphatic heterocycles. The van der Waals surface area contributed by atoms with E-state index in [-0.39, 0.29) is 18.9 Å². The van der Waals surface area contributed by atoms with Crippen LogP contribution in [0.3, 0.4) is 0 Å². The molecule has 14 heteroatoms. The minimum Gasteiger partial charge on any atom is -0.550 e. The van der Waals surface area contributed by atoms with E-state index >= 15 is 0 Å². The number of hydrogen-bond donors (Lipinski definition) is 5. The van der Waals surface area contributed by atoms with Gasteiger partial charge in [-0.3, -0.25) is 0 Å². The number of carbonyl (C=O) groups is 3. The van der Waals surface area contributed by atoms with Crippen LogP contribution in [0.25, 0.3) is 0 Å². The number of alkyl halides is 3. The van der Waals surface area contributed by atoms with E-state index in [2.05, 4.69) is 0 Å². The zero-order chi connectivity index (χ0) is 16.2. The van der Waals surface area contributed by atoms with E-state index < -0.39 is 44.2 Å². The maximum absolute atomic E-state index is 11.1. The number of halogens is 3. The molecule has 0 amide bonds. The average molecular weight is 300 g/mol. The van der Waals surface area contributed by atoms with Gasteiger partial charge in [-0.05, 0) is 6.42 Å². The number of aliphatic carboxylic acids is 3. The number of carboxylic acids is 3. The third-order valence-electron chi connectivity index (χ3n) is 0.796. The normalized spacial score (nSPS) is 8.70. The molecule has 0 atom stereocenters. The van der Waals surface area contributed by atoms with Gasteiger partial charge in [0.05, 0.1) is 0 Å². The Morgan fingerprint density at radius 1 is 1.00 bits per heavy atom. The van der Waals surface area contributed by atoms with Crippen molar-refractivity contribution < 1.29 is 76.8 Å². The summed E-state index contributed by atoms with van der Waals surface area (Å²) in [7, 11) is -2.17. The molecule has 0 spiro atoms. The molecule has 0 rings (SSSR count). The van der Waals surface area contributed by atoms with Gasteiger partial charge in [0.1, 0.15) is 0 Å². The van der Waals surface area contributed by atoms with Crippen molar-refractivity contribution in [1.82, 2.24) is 0 Å². The Kier molecular flexibility index (Phi) is 19.2. The molecule has 5 N–H and O–H groups in total. The van der Waals surface area contributed by atoms with Crippen LogP contribution in [0.15, 0.2) is 0 Å². The minimum atomic E-state index is -4.39. The third kappa shape index (κ3) is 54.3. The summed E-state index contributed by atoms with van der Waals surface area (Å²) in [5, 5.41) is 45.7. The first kappa shape index (κ1) is 27.1. The van der Waals surface area contributed by atoms with Gasteiger partial charge in [0.15, 0.2) is 0 Å². The van der Waals surface area contributed by atoms with E-state index in [4.69, 9.17) is 34.9 Å². The monoisotopic (exact) mass is 300 g/mol. The van der Waals surface area contributed by atoms with Crippen LogP contribution >= 0.6 is 0 Å². The van der Waals surface area contributed by atoms with Gasteiger partial charge >= 0.3 is 44.3 Å². The van der Waals surface area contributed by atoms with Crippen LogP contribution in [0.1, 0.15) is 12.8 Å². The van der Waals surface area contributed by atoms with E-state index in [9.17, 15) is 23.1 Å². The van der Waals surface area contributed by atoms with Crippen LogP contribution in [-0.2, 0) is 14.4 Å². The van der Waals surface area contributed by atoms with Crippen LogP contribution < -0.4 is 24.0 Å². The van der Waals surface area contributed by atoms with Gasteiger partial charge in [0, 0.05) is 12.4 Å². The molecule has 9 nitrogen and oxygen atoms in total. The van der Waals surface area contributed by atoms with E-state index in [1.807, 2.05) is 0 Å². The molecule has 0 aliphatic rings. The number of carbonyl (C=O) groups excluding carboxylic acids is 1. The second-order valence-corrected chi connectivity index (χ2v) is 2.44. The largest absolute Gasteiger partial charge is 1.00 e. The van der Waals surface area contributed by atoms with Gasteiger partial charge in [-0.25, -0.2) is 9.59 Å². The summed E-state index contributed by atoms with van der Waals surface area (Å²) in [6.07, 6.45) is -6.65. The Morgan fingerprint density at radius 3 is 1.30 bits per heavy atom. The molecule has 0 saturated heterocycles. The second-order valence-electron chi connectivity index (χ2n) is 2.44. The zero-order valence-corrected chi connectivity index (χ0v) is 9.99. The SMILES string of the molecule is O=C(O)C(=O)O.O=C([O-])CCC(F)(F)F.OB(O)O.[Li+]. The first-order valence-corrected chi connectivity index (χ1v) is 4.06. The van der Waals surface area contributed by atoms with Crippen molar-refractivity contribution in [3.8, 4) is 0 Å². The first-order chi connectivity index (χ1) is 8.29. The fourth-order valence-electron chi connectivity index (χ4n) is 0.244. The molecular formula is C6H9BF3LiO9. The predicted molar refractivity (Wildman–Crippen MR) is 48.0 cm³/mol. The molecule has 0 aromatic carbocycles. The Labute approximate surface area is 122 Å². The molecule has 0 aromatic heterocycles. The Balaban J connectivity index is -0.000000102. The molecule has 0 fully saturated rings. The summed E-state index contributed by atoms with van der Waals surface area (Å²) in [5.41, 5.74) is 0. The maximum atomic E-state index is 11.1. The van der Waals surface area contributed by atoms with E-state index in [1.54, 1.807) is 0 Å². The Bertz CT molecular complexity index is 281. The van der Waals surface area contributed by atoms with Crippen LogP contribution in [-0.4, -0.2) is 56.7 Å². The maximum Gasteiger partial charge on any atom is 1.00 e. The standard InChI is InChI=1S/C4H5F3O2.C2H2O4.BH3O3.Li/c5-4(6,7)2-1-3(8)9;3-1(4)2(5)6;2-1(3)4;/h1-2H2,(H,8,9);(H,3,4)(H,5,6);2-4H;/q;;;+1/p-1. The number of rotatable bonds is 2. The Hall–Kier alpha value is -1.26. The number of hydrogen-bond acceptors (Lipinski definition) is 7. The summed E-state index contributed by atoms with van der Waals surface area (Å²) in [5.74, 6) is -5.32. The van der Waals surface area contributed by atoms with Gasteiger partial charge in [-0.2, -0.15) is 13.2 Å². The molecule has 0 bridgehead atoms. The molecular weight excluding hydrogens is 291 g/mol. The second kappa shape index (κ2) is 14.2. The van der Waals surface area contributed by atoms with Crippen molar-refractivity contribution in [2.75, 3.05) is 0 Å². The summed E-state index contributed by atoms with van der Waals surface area (Å²) in [6, 6.07) is 0. The smallest absolute Gasteiger partial charge is 0.550 e. The van der Waals surface area contributed by atoms with Crippen molar-refractivity contribution >= 4 is 25.2 Å². The molecule has 112 valence electrons. The van der Waals surface area contributed by atoms with Crippen molar-refractivity contribution in [1.29, 1.82) is 0 Å². The first-order valence-electron chi connectivity index (χ1n) is 4.06. The van der Waals surface area contributed by atoms with Crippen LogP contribution in [0, 0.1) is 0 Å². The molecule has 0 radical (unpaired) electrons. The van der Waals surface area contributed by atoms with Crippen LogP contribution in [0.4, 0.5) is 13.2 Å². The average Bonchev–Trinajstić information content (AvgIpc) is 2.13. The van der Waals surface area contributed by atoms with Gasteiger partial charge in [-0.1, -0.05) is 0 Å². The zero-order valence-electron chi connectivity index (χ0n) is 9.99. The minimum absolute atomic E-state index is 0. The van der Waals surface area contributed by atoms with Gasteiger partial charge in [0.2, 0.25) is 0 Å². The van der Waals surface area contributed by atoms with Gasteiger partial charge < -0.3 is 35.2 Å². The van der Waals surface area contributed by atoms with Crippen LogP contribution in [0.2, 0.25) is 0 Å². The van der Waals surface area contributed by atoms with Gasteiger partial charge in [-0.15, -0.1) is 0 Å². The fourth-order valence-corrected chi connectivity index (χ4v) is 0.244. The molecule has 0 heterocycles. The van der Waals surface area contributed by atoms with Crippen molar-refractivity contribution in [2.45, 2.75) is 19.0 Å². The van der Waals surface area contributed by atoms with Gasteiger partial charge in [0.25, 0.3) is 0 Å². The van der Waals surface area contributed by atoms with E-state index in [0.29, 0.717) is 0 Å². The molecule has 0 aromatic rings. The number of carboxylic acid groups (broad SMARTS) is 3. The topological polar surface area (TPSA) is 175 Å². The van der Waals surface area contributed by atoms with Crippen molar-refractivity contribution in [3.05, 3.63) is 0 Å². The predicted octanol–water partition coefficient (Wildman–Crippen LogP) is -5.81. The van der Waals surface area contributed by atoms with Crippen molar-refractivity contribution in [3.63, 3.8) is 0 Å². The molecule has 0 saturated carbocycles. The Morgan fingerprint density at radius 2 is 1.25 bits per heavy atom. The summed E-state index contributed by atoms with van der Waals surface area (Å²) < 4.78 is 33.4. The summed E-state index contributed by atoms with van der Waals surface area (Å²) in [4.78, 5) is 27.6. The van der Waals surface area contributed by atoms with Crippen molar-refractivity contribution in [2.24, 2.45) is 0 Å². The third-order valence-corrected chi connectivity index (χ3v) is 0.796. The van der Waals surface area contributed by atoms with E-state index in [1.165, 1.54) is 0 Å². The van der Waals surface area contributed by atoms with E-state index in [0.717, 1.165) is 0 Å². The summed E-state index contributed by atoms with van der Waals surface area (Å²) in [6.45, 7) is 0. The fraction of sp³-hybridized carbons (Fsp3) is 0.500. The molecule has 0 unspecified atom stereocenters. The molecule has 20 heavy (non-hydrogen) atoms. The molecule has 0 aliphatic carbocycles. The quantitative estimate of drug-likeness (QED) is 0.245. The summed E-state index contributed by atoms with van der Waals surface area (Å²) >= 11 is 0. The van der Waals surface area contributed by atoms with Crippen LogP contribution in [0.5, 0.6) is 0 Å².